The third-order valence-electron chi connectivity index (χ3n) is 3.45. The van der Waals surface area contributed by atoms with E-state index in [0.29, 0.717) is 5.92 Å². The van der Waals surface area contributed by atoms with Crippen molar-refractivity contribution < 1.29 is 4.74 Å². The molecule has 1 aromatic rings. The third kappa shape index (κ3) is 2.65. The quantitative estimate of drug-likeness (QED) is 0.736. The molecule has 0 saturated heterocycles. The molecule has 1 aromatic carbocycles. The average Bonchev–Trinajstić information content (AvgIpc) is 2.95. The molecule has 0 N–H and O–H groups in total. The van der Waals surface area contributed by atoms with Gasteiger partial charge in [-0.1, -0.05) is 37.6 Å². The lowest BCUT2D eigenvalue weighted by atomic mass is 9.95. The van der Waals surface area contributed by atoms with Crippen LogP contribution in [0.15, 0.2) is 18.2 Å². The van der Waals surface area contributed by atoms with Gasteiger partial charge in [-0.15, -0.1) is 0 Å². The van der Waals surface area contributed by atoms with Crippen molar-refractivity contribution in [1.82, 2.24) is 0 Å². The molecule has 0 aromatic heterocycles. The van der Waals surface area contributed by atoms with Gasteiger partial charge in [0.15, 0.2) is 0 Å². The molecule has 1 nitrogen and oxygen atoms in total. The monoisotopic (exact) mass is 218 g/mol. The average molecular weight is 218 g/mol. The highest BCUT2D eigenvalue weighted by molar-refractivity contribution is 5.33. The molecule has 2 rings (SSSR count). The van der Waals surface area contributed by atoms with Crippen LogP contribution in [0.25, 0.3) is 0 Å². The summed E-state index contributed by atoms with van der Waals surface area (Å²) in [6, 6.07) is 6.69. The lowest BCUT2D eigenvalue weighted by molar-refractivity contribution is 0.0330. The molecule has 1 heteroatoms. The van der Waals surface area contributed by atoms with Crippen molar-refractivity contribution in [1.29, 1.82) is 0 Å². The van der Waals surface area contributed by atoms with Crippen molar-refractivity contribution in [3.05, 3.63) is 34.9 Å². The lowest BCUT2D eigenvalue weighted by Crippen LogP contribution is -2.09. The van der Waals surface area contributed by atoms with Crippen molar-refractivity contribution in [2.24, 2.45) is 0 Å². The summed E-state index contributed by atoms with van der Waals surface area (Å²) < 4.78 is 5.96. The van der Waals surface area contributed by atoms with Crippen molar-refractivity contribution in [2.45, 2.75) is 58.7 Å². The van der Waals surface area contributed by atoms with Crippen LogP contribution in [0.4, 0.5) is 0 Å². The number of ether oxygens (including phenoxy) is 1. The van der Waals surface area contributed by atoms with E-state index >= 15 is 0 Å². The van der Waals surface area contributed by atoms with Gasteiger partial charge < -0.3 is 4.74 Å². The first-order valence-corrected chi connectivity index (χ1v) is 6.23. The number of hydrogen-bond donors (Lipinski definition) is 0. The largest absolute Gasteiger partial charge is 0.371 e. The number of rotatable bonds is 4. The van der Waals surface area contributed by atoms with Gasteiger partial charge in [0.25, 0.3) is 0 Å². The number of aryl methyl sites for hydroxylation is 1. The van der Waals surface area contributed by atoms with E-state index in [1.54, 1.807) is 0 Å². The molecular weight excluding hydrogens is 196 g/mol. The highest BCUT2D eigenvalue weighted by Gasteiger charge is 2.38. The van der Waals surface area contributed by atoms with Crippen LogP contribution in [0, 0.1) is 6.92 Å². The highest BCUT2D eigenvalue weighted by atomic mass is 16.5. The molecule has 0 spiro atoms. The van der Waals surface area contributed by atoms with Crippen LogP contribution in [0.1, 0.15) is 56.2 Å². The zero-order valence-electron chi connectivity index (χ0n) is 10.8. The molecule has 0 radical (unpaired) electrons. The van der Waals surface area contributed by atoms with E-state index in [2.05, 4.69) is 45.9 Å². The van der Waals surface area contributed by atoms with E-state index in [0.717, 1.165) is 6.61 Å². The first kappa shape index (κ1) is 11.7. The topological polar surface area (TPSA) is 9.23 Å². The molecule has 0 heterocycles. The summed E-state index contributed by atoms with van der Waals surface area (Å²) in [6.45, 7) is 9.62. The molecule has 0 amide bonds. The molecule has 0 atom stereocenters. The van der Waals surface area contributed by atoms with Crippen molar-refractivity contribution in [2.75, 3.05) is 0 Å². The molecule has 16 heavy (non-hydrogen) atoms. The molecule has 1 aliphatic rings. The van der Waals surface area contributed by atoms with Crippen LogP contribution in [0.2, 0.25) is 0 Å². The summed E-state index contributed by atoms with van der Waals surface area (Å²) in [6.07, 6.45) is 2.44. The van der Waals surface area contributed by atoms with Crippen molar-refractivity contribution in [3.63, 3.8) is 0 Å². The van der Waals surface area contributed by atoms with E-state index < -0.39 is 0 Å². The SMILES string of the molecule is Cc1ccc(COC2(C)CC2)c(C(C)C)c1. The second-order valence-corrected chi connectivity index (χ2v) is 5.60. The molecule has 1 aliphatic carbocycles. The Hall–Kier alpha value is -0.820. The minimum Gasteiger partial charge on any atom is -0.371 e. The van der Waals surface area contributed by atoms with Crippen LogP contribution in [-0.2, 0) is 11.3 Å². The Morgan fingerprint density at radius 2 is 2.00 bits per heavy atom. The maximum atomic E-state index is 5.96. The Bertz CT molecular complexity index is 375. The fraction of sp³-hybridized carbons (Fsp3) is 0.600. The smallest absolute Gasteiger partial charge is 0.0727 e. The van der Waals surface area contributed by atoms with Crippen LogP contribution < -0.4 is 0 Å². The highest BCUT2D eigenvalue weighted by Crippen LogP contribution is 2.39. The molecule has 88 valence electrons. The predicted octanol–water partition coefficient (Wildman–Crippen LogP) is 4.19. The summed E-state index contributed by atoms with van der Waals surface area (Å²) in [5, 5.41) is 0. The van der Waals surface area contributed by atoms with Crippen LogP contribution in [0.3, 0.4) is 0 Å². The Morgan fingerprint density at radius 3 is 2.56 bits per heavy atom. The zero-order chi connectivity index (χ0) is 11.8. The molecule has 1 fully saturated rings. The number of hydrogen-bond acceptors (Lipinski definition) is 1. The third-order valence-corrected chi connectivity index (χ3v) is 3.45. The first-order chi connectivity index (χ1) is 7.50. The van der Waals surface area contributed by atoms with Gasteiger partial charge in [0.1, 0.15) is 0 Å². The van der Waals surface area contributed by atoms with E-state index in [1.807, 2.05) is 0 Å². The van der Waals surface area contributed by atoms with E-state index in [-0.39, 0.29) is 5.60 Å². The number of benzene rings is 1. The maximum absolute atomic E-state index is 5.96. The molecule has 0 bridgehead atoms. The molecule has 0 aliphatic heterocycles. The van der Waals surface area contributed by atoms with Crippen molar-refractivity contribution >= 4 is 0 Å². The first-order valence-electron chi connectivity index (χ1n) is 6.23. The van der Waals surface area contributed by atoms with Gasteiger partial charge in [-0.2, -0.15) is 0 Å². The van der Waals surface area contributed by atoms with E-state index in [4.69, 9.17) is 4.74 Å². The van der Waals surface area contributed by atoms with Gasteiger partial charge in [0, 0.05) is 0 Å². The Kier molecular flexibility index (Phi) is 3.07. The molecule has 1 saturated carbocycles. The molecule has 0 unspecified atom stereocenters. The van der Waals surface area contributed by atoms with Crippen LogP contribution >= 0.6 is 0 Å². The van der Waals surface area contributed by atoms with E-state index in [9.17, 15) is 0 Å². The van der Waals surface area contributed by atoms with Gasteiger partial charge in [-0.05, 0) is 43.7 Å². The maximum Gasteiger partial charge on any atom is 0.0727 e. The second-order valence-electron chi connectivity index (χ2n) is 5.60. The van der Waals surface area contributed by atoms with Gasteiger partial charge in [0.05, 0.1) is 12.2 Å². The van der Waals surface area contributed by atoms with Crippen molar-refractivity contribution in [3.8, 4) is 0 Å². The fourth-order valence-electron chi connectivity index (χ4n) is 1.96. The fourth-order valence-corrected chi connectivity index (χ4v) is 1.96. The summed E-state index contributed by atoms with van der Waals surface area (Å²) >= 11 is 0. The Labute approximate surface area is 98.8 Å². The van der Waals surface area contributed by atoms with Crippen LogP contribution in [0.5, 0.6) is 0 Å². The summed E-state index contributed by atoms with van der Waals surface area (Å²) in [5.74, 6) is 0.575. The summed E-state index contributed by atoms with van der Waals surface area (Å²) in [5.41, 5.74) is 4.31. The van der Waals surface area contributed by atoms with Crippen LogP contribution in [-0.4, -0.2) is 5.60 Å². The van der Waals surface area contributed by atoms with Gasteiger partial charge >= 0.3 is 0 Å². The molecular formula is C15H22O. The van der Waals surface area contributed by atoms with E-state index in [1.165, 1.54) is 29.5 Å². The van der Waals surface area contributed by atoms with Gasteiger partial charge in [0.2, 0.25) is 0 Å². The van der Waals surface area contributed by atoms with Gasteiger partial charge in [-0.3, -0.25) is 0 Å². The second kappa shape index (κ2) is 4.21. The summed E-state index contributed by atoms with van der Waals surface area (Å²) in [4.78, 5) is 0. The minimum absolute atomic E-state index is 0.180. The standard InChI is InChI=1S/C15H22O/c1-11(2)14-9-12(3)5-6-13(14)10-16-15(4)7-8-15/h5-6,9,11H,7-8,10H2,1-4H3. The predicted molar refractivity (Wildman–Crippen MR) is 67.7 cm³/mol. The Balaban J connectivity index is 2.12. The zero-order valence-corrected chi connectivity index (χ0v) is 10.8. The normalized spacial score (nSPS) is 17.8. The summed E-state index contributed by atoms with van der Waals surface area (Å²) in [7, 11) is 0. The Morgan fingerprint density at radius 1 is 1.31 bits per heavy atom. The minimum atomic E-state index is 0.180. The lowest BCUT2D eigenvalue weighted by Gasteiger charge is -2.16. The van der Waals surface area contributed by atoms with Gasteiger partial charge in [-0.25, -0.2) is 0 Å².